The Hall–Kier alpha value is -2.96. The van der Waals surface area contributed by atoms with Crippen molar-refractivity contribution < 1.29 is 8.78 Å². The molecule has 3 rings (SSSR count). The van der Waals surface area contributed by atoms with Crippen LogP contribution in [0.2, 0.25) is 5.02 Å². The van der Waals surface area contributed by atoms with Gasteiger partial charge in [-0.2, -0.15) is 0 Å². The Kier molecular flexibility index (Phi) is 7.49. The van der Waals surface area contributed by atoms with E-state index in [0.717, 1.165) is 0 Å². The molecule has 0 saturated carbocycles. The summed E-state index contributed by atoms with van der Waals surface area (Å²) in [4.78, 5) is 12.3. The molecule has 4 nitrogen and oxygen atoms in total. The average molecular weight is 401 g/mol. The van der Waals surface area contributed by atoms with Crippen molar-refractivity contribution in [1.29, 1.82) is 0 Å². The van der Waals surface area contributed by atoms with Crippen molar-refractivity contribution >= 4 is 29.8 Å². The molecule has 0 radical (unpaired) electrons. The van der Waals surface area contributed by atoms with Crippen molar-refractivity contribution in [2.45, 2.75) is 6.92 Å². The van der Waals surface area contributed by atoms with Crippen LogP contribution in [-0.4, -0.2) is 24.6 Å². The second-order valence-electron chi connectivity index (χ2n) is 5.51. The van der Waals surface area contributed by atoms with Crippen LogP contribution < -0.4 is 5.73 Å². The van der Waals surface area contributed by atoms with Gasteiger partial charge >= 0.3 is 0 Å². The molecular formula is C21H19ClF2N4. The minimum atomic E-state index is -0.660. The zero-order valence-electron chi connectivity index (χ0n) is 15.5. The van der Waals surface area contributed by atoms with Gasteiger partial charge in [0.15, 0.2) is 5.84 Å². The molecule has 0 aliphatic rings. The molecular weight excluding hydrogens is 382 g/mol. The van der Waals surface area contributed by atoms with Gasteiger partial charge in [0.05, 0.1) is 10.7 Å². The number of rotatable bonds is 3. The van der Waals surface area contributed by atoms with E-state index in [1.165, 1.54) is 25.2 Å². The number of nitrogens with zero attached hydrogens (tertiary/aromatic N) is 3. The highest BCUT2D eigenvalue weighted by Gasteiger charge is 2.16. The van der Waals surface area contributed by atoms with Gasteiger partial charge in [0.2, 0.25) is 0 Å². The first kappa shape index (κ1) is 21.3. The summed E-state index contributed by atoms with van der Waals surface area (Å²) in [5.74, 6) is -0.906. The number of amidine groups is 1. The summed E-state index contributed by atoms with van der Waals surface area (Å²) < 4.78 is 29.1. The molecule has 0 amide bonds. The largest absolute Gasteiger partial charge is 0.333 e. The number of benzene rings is 2. The molecule has 0 atom stereocenters. The molecule has 1 aromatic heterocycles. The summed E-state index contributed by atoms with van der Waals surface area (Å²) in [6, 6.07) is 11.1. The smallest absolute Gasteiger partial charge is 0.160 e. The Morgan fingerprint density at radius 3 is 2.39 bits per heavy atom. The van der Waals surface area contributed by atoms with Gasteiger partial charge in [-0.05, 0) is 51.0 Å². The lowest BCUT2D eigenvalue weighted by Crippen LogP contribution is -1.98. The molecule has 0 spiro atoms. The highest BCUT2D eigenvalue weighted by Crippen LogP contribution is 2.34. The maximum Gasteiger partial charge on any atom is 0.160 e. The normalized spacial score (nSPS) is 10.9. The van der Waals surface area contributed by atoms with Crippen LogP contribution in [0.1, 0.15) is 11.1 Å². The van der Waals surface area contributed by atoms with Gasteiger partial charge in [-0.15, -0.1) is 0 Å². The minimum absolute atomic E-state index is 0.0589. The van der Waals surface area contributed by atoms with E-state index in [1.807, 2.05) is 0 Å². The van der Waals surface area contributed by atoms with Crippen LogP contribution in [0.3, 0.4) is 0 Å². The number of aliphatic imine (C=N–C) groups is 2. The minimum Gasteiger partial charge on any atom is -0.333 e. The first-order valence-corrected chi connectivity index (χ1v) is 8.67. The molecule has 28 heavy (non-hydrogen) atoms. The molecule has 3 aromatic rings. The van der Waals surface area contributed by atoms with Crippen molar-refractivity contribution in [3.05, 3.63) is 82.6 Å². The third-order valence-electron chi connectivity index (χ3n) is 3.90. The van der Waals surface area contributed by atoms with Crippen LogP contribution in [0.4, 0.5) is 14.5 Å². The fourth-order valence-corrected chi connectivity index (χ4v) is 2.69. The van der Waals surface area contributed by atoms with Crippen LogP contribution in [0, 0.1) is 18.6 Å². The summed E-state index contributed by atoms with van der Waals surface area (Å²) in [7, 11) is 1.50. The van der Waals surface area contributed by atoms with Gasteiger partial charge in [0, 0.05) is 34.6 Å². The van der Waals surface area contributed by atoms with E-state index >= 15 is 0 Å². The topological polar surface area (TPSA) is 63.6 Å². The van der Waals surface area contributed by atoms with Crippen LogP contribution in [0.15, 0.2) is 64.8 Å². The van der Waals surface area contributed by atoms with Crippen LogP contribution in [-0.2, 0) is 0 Å². The fraction of sp³-hybridized carbons (Fsp3) is 0.0952. The average Bonchev–Trinajstić information content (AvgIpc) is 2.74. The highest BCUT2D eigenvalue weighted by molar-refractivity contribution is 6.31. The maximum atomic E-state index is 14.9. The molecule has 2 aromatic carbocycles. The molecule has 1 heterocycles. The number of hydrogen-bond donors (Lipinski definition) is 1. The molecule has 0 bridgehead atoms. The fourth-order valence-electron chi connectivity index (χ4n) is 2.52. The lowest BCUT2D eigenvalue weighted by Gasteiger charge is -2.10. The van der Waals surface area contributed by atoms with Crippen molar-refractivity contribution in [2.24, 2.45) is 15.7 Å². The van der Waals surface area contributed by atoms with Crippen molar-refractivity contribution in [3.63, 3.8) is 0 Å². The van der Waals surface area contributed by atoms with Gasteiger partial charge in [-0.3, -0.25) is 4.98 Å². The van der Waals surface area contributed by atoms with E-state index in [0.29, 0.717) is 17.1 Å². The Labute approximate surface area is 167 Å². The molecule has 144 valence electrons. The number of halogens is 3. The molecule has 0 aliphatic heterocycles. The second-order valence-corrected chi connectivity index (χ2v) is 5.92. The molecule has 7 heteroatoms. The molecule has 0 saturated heterocycles. The number of nitrogens with two attached hydrogens (primary N) is 1. The highest BCUT2D eigenvalue weighted by atomic mass is 35.5. The Balaban J connectivity index is 0.00000136. The van der Waals surface area contributed by atoms with E-state index in [4.69, 9.17) is 11.6 Å². The molecule has 0 unspecified atom stereocenters. The van der Waals surface area contributed by atoms with E-state index in [9.17, 15) is 8.78 Å². The van der Waals surface area contributed by atoms with Gasteiger partial charge in [-0.1, -0.05) is 23.7 Å². The summed E-state index contributed by atoms with van der Waals surface area (Å²) in [5, 5.41) is -0.0589. The van der Waals surface area contributed by atoms with Crippen molar-refractivity contribution in [3.8, 4) is 11.1 Å². The summed E-state index contributed by atoms with van der Waals surface area (Å²) in [6.07, 6.45) is 3.22. The Morgan fingerprint density at radius 1 is 1.04 bits per heavy atom. The van der Waals surface area contributed by atoms with E-state index in [1.54, 1.807) is 43.6 Å². The van der Waals surface area contributed by atoms with E-state index < -0.39 is 11.6 Å². The standard InChI is InChI=1S/C20H14ClF2N3.CH5N/c1-12-17(26-20(24-2)13-5-4-10-25-11-13)9-8-15(18(12)22)14-6-3-7-16(21)19(14)23;1-2/h3-11H,2H2,1H3;2H2,1H3. The lowest BCUT2D eigenvalue weighted by molar-refractivity contribution is 0.611. The predicted octanol–water partition coefficient (Wildman–Crippen LogP) is 5.34. The van der Waals surface area contributed by atoms with E-state index in [-0.39, 0.29) is 21.7 Å². The Bertz CT molecular complexity index is 1000. The molecule has 2 N–H and O–H groups in total. The van der Waals surface area contributed by atoms with Crippen molar-refractivity contribution in [2.75, 3.05) is 7.05 Å². The zero-order valence-corrected chi connectivity index (χ0v) is 16.2. The third kappa shape index (κ3) is 4.47. The van der Waals surface area contributed by atoms with Crippen molar-refractivity contribution in [1.82, 2.24) is 4.98 Å². The van der Waals surface area contributed by atoms with Crippen LogP contribution in [0.5, 0.6) is 0 Å². The quantitative estimate of drug-likeness (QED) is 0.476. The third-order valence-corrected chi connectivity index (χ3v) is 4.19. The summed E-state index contributed by atoms with van der Waals surface area (Å²) >= 11 is 5.80. The SMILES string of the molecule is C=NC(=Nc1ccc(-c2cccc(Cl)c2F)c(F)c1C)c1cccnc1.CN. The number of aromatic nitrogens is 1. The van der Waals surface area contributed by atoms with E-state index in [2.05, 4.69) is 27.4 Å². The first-order chi connectivity index (χ1) is 13.5. The predicted molar refractivity (Wildman–Crippen MR) is 112 cm³/mol. The zero-order chi connectivity index (χ0) is 20.7. The first-order valence-electron chi connectivity index (χ1n) is 8.30. The van der Waals surface area contributed by atoms with Gasteiger partial charge in [-0.25, -0.2) is 18.8 Å². The molecule has 0 fully saturated rings. The maximum absolute atomic E-state index is 14.9. The molecule has 0 aliphatic carbocycles. The van der Waals surface area contributed by atoms with Gasteiger partial charge in [0.25, 0.3) is 0 Å². The number of pyridine rings is 1. The Morgan fingerprint density at radius 2 is 1.75 bits per heavy atom. The second kappa shape index (κ2) is 9.82. The van der Waals surface area contributed by atoms with Gasteiger partial charge < -0.3 is 5.73 Å². The summed E-state index contributed by atoms with van der Waals surface area (Å²) in [5.41, 5.74) is 6.03. The number of hydrogen-bond acceptors (Lipinski definition) is 3. The van der Waals surface area contributed by atoms with Crippen LogP contribution in [0.25, 0.3) is 11.1 Å². The summed E-state index contributed by atoms with van der Waals surface area (Å²) in [6.45, 7) is 5.08. The lowest BCUT2D eigenvalue weighted by atomic mass is 10.0. The monoisotopic (exact) mass is 400 g/mol. The van der Waals surface area contributed by atoms with Crippen LogP contribution >= 0.6 is 11.6 Å². The van der Waals surface area contributed by atoms with Gasteiger partial charge in [0.1, 0.15) is 11.6 Å².